The quantitative estimate of drug-likeness (QED) is 0.398. The van der Waals surface area contributed by atoms with Gasteiger partial charge in [-0.05, 0) is 37.5 Å². The van der Waals surface area contributed by atoms with E-state index < -0.39 is 0 Å². The van der Waals surface area contributed by atoms with E-state index in [0.29, 0.717) is 17.6 Å². The minimum atomic E-state index is -0.0673. The maximum absolute atomic E-state index is 13.8. The molecule has 1 amide bonds. The number of hydrogen-bond acceptors (Lipinski definition) is 5. The number of rotatable bonds is 5. The molecule has 2 heterocycles. The maximum atomic E-state index is 13.8. The number of fused-ring (bicyclic) bond motifs is 1. The number of carbonyl (C=O) groups is 1. The van der Waals surface area contributed by atoms with Crippen molar-refractivity contribution in [1.82, 2.24) is 4.90 Å². The molecule has 1 saturated carbocycles. The van der Waals surface area contributed by atoms with Crippen molar-refractivity contribution in [2.24, 2.45) is 4.99 Å². The van der Waals surface area contributed by atoms with Gasteiger partial charge < -0.3 is 4.42 Å². The Bertz CT molecular complexity index is 1100. The highest BCUT2D eigenvalue weighted by Crippen LogP contribution is 2.36. The first-order valence-electron chi connectivity index (χ1n) is 11.5. The van der Waals surface area contributed by atoms with Gasteiger partial charge in [-0.2, -0.15) is 11.8 Å². The van der Waals surface area contributed by atoms with Crippen LogP contribution in [0.2, 0.25) is 0 Å². The Hall–Kier alpha value is -2.18. The molecule has 1 aromatic heterocycles. The number of hydrogen-bond donors (Lipinski definition) is 0. The molecule has 0 spiro atoms. The minimum Gasteiger partial charge on any atom is -0.451 e. The average Bonchev–Trinajstić information content (AvgIpc) is 3.22. The number of benzene rings is 2. The summed E-state index contributed by atoms with van der Waals surface area (Å²) in [5.74, 6) is 2.20. The fourth-order valence-corrected chi connectivity index (χ4v) is 6.74. The van der Waals surface area contributed by atoms with Gasteiger partial charge in [0.2, 0.25) is 0 Å². The summed E-state index contributed by atoms with van der Waals surface area (Å²) in [7, 11) is 0. The predicted octanol–water partition coefficient (Wildman–Crippen LogP) is 7.27. The molecule has 0 bridgehead atoms. The van der Waals surface area contributed by atoms with Crippen molar-refractivity contribution in [3.05, 3.63) is 65.9 Å². The summed E-state index contributed by atoms with van der Waals surface area (Å²) in [6.45, 7) is 0.670. The fraction of sp³-hybridized carbons (Fsp3) is 0.385. The van der Waals surface area contributed by atoms with Gasteiger partial charge in [0, 0.05) is 34.3 Å². The van der Waals surface area contributed by atoms with Crippen LogP contribution in [0, 0.1) is 0 Å². The Morgan fingerprint density at radius 1 is 1.03 bits per heavy atom. The van der Waals surface area contributed by atoms with Crippen molar-refractivity contribution in [2.45, 2.75) is 49.5 Å². The summed E-state index contributed by atoms with van der Waals surface area (Å²) in [4.78, 5) is 20.4. The second kappa shape index (κ2) is 10.2. The molecule has 32 heavy (non-hydrogen) atoms. The molecule has 2 aromatic carbocycles. The number of thioether (sulfide) groups is 2. The van der Waals surface area contributed by atoms with E-state index in [2.05, 4.69) is 6.07 Å². The molecule has 1 saturated heterocycles. The first-order valence-corrected chi connectivity index (χ1v) is 13.5. The number of para-hydroxylation sites is 2. The molecule has 0 radical (unpaired) electrons. The Morgan fingerprint density at radius 2 is 1.81 bits per heavy atom. The van der Waals surface area contributed by atoms with Crippen LogP contribution < -0.4 is 0 Å². The lowest BCUT2D eigenvalue weighted by molar-refractivity contribution is 0.0820. The molecule has 5 rings (SSSR count). The summed E-state index contributed by atoms with van der Waals surface area (Å²) in [5.41, 5.74) is 2.70. The van der Waals surface area contributed by atoms with E-state index in [0.717, 1.165) is 45.3 Å². The van der Waals surface area contributed by atoms with E-state index in [-0.39, 0.29) is 5.91 Å². The van der Waals surface area contributed by atoms with Crippen LogP contribution in [0.5, 0.6) is 0 Å². The molecule has 3 aromatic rings. The van der Waals surface area contributed by atoms with Crippen LogP contribution >= 0.6 is 23.5 Å². The highest BCUT2D eigenvalue weighted by atomic mass is 32.2. The van der Waals surface area contributed by atoms with Gasteiger partial charge in [-0.25, -0.2) is 4.99 Å². The molecule has 166 valence electrons. The third kappa shape index (κ3) is 4.76. The van der Waals surface area contributed by atoms with Crippen LogP contribution in [-0.4, -0.2) is 33.5 Å². The lowest BCUT2D eigenvalue weighted by atomic mass is 10.0. The fourth-order valence-electron chi connectivity index (χ4n) is 4.42. The smallest absolute Gasteiger partial charge is 0.295 e. The second-order valence-electron chi connectivity index (χ2n) is 8.37. The van der Waals surface area contributed by atoms with Crippen LogP contribution in [-0.2, 0) is 5.75 Å². The number of nitrogens with zero attached hydrogens (tertiary/aromatic N) is 2. The van der Waals surface area contributed by atoms with Gasteiger partial charge in [0.1, 0.15) is 5.58 Å². The van der Waals surface area contributed by atoms with Crippen LogP contribution in [0.4, 0.5) is 5.69 Å². The molecule has 0 N–H and O–H groups in total. The molecular formula is C26H28N2O2S2. The van der Waals surface area contributed by atoms with E-state index in [4.69, 9.17) is 9.41 Å². The number of aliphatic imine (C=N–C) groups is 1. The van der Waals surface area contributed by atoms with Crippen LogP contribution in [0.3, 0.4) is 0 Å². The topological polar surface area (TPSA) is 45.8 Å². The molecule has 2 aliphatic rings. The normalized spacial score (nSPS) is 19.0. The Labute approximate surface area is 197 Å². The third-order valence-electron chi connectivity index (χ3n) is 6.12. The summed E-state index contributed by atoms with van der Waals surface area (Å²) >= 11 is 3.63. The third-order valence-corrected chi connectivity index (χ3v) is 8.58. The van der Waals surface area contributed by atoms with E-state index in [1.807, 2.05) is 65.2 Å². The van der Waals surface area contributed by atoms with Gasteiger partial charge in [0.15, 0.2) is 10.9 Å². The molecule has 1 aliphatic carbocycles. The molecule has 0 unspecified atom stereocenters. The SMILES string of the molecule is O=C(c1oc2ccccc2c1CSC1CCCCC1)N1CCCSC1=Nc1ccccc1. The standard InChI is InChI=1S/C26H28N2O2S2/c29-25(28-16-9-17-31-26(28)27-19-10-3-1-4-11-19)24-22(18-32-20-12-5-2-6-13-20)21-14-7-8-15-23(21)30-24/h1,3-4,7-8,10-11,14-15,20H,2,5-6,9,12-13,16-18H2. The van der Waals surface area contributed by atoms with Gasteiger partial charge in [-0.3, -0.25) is 9.69 Å². The van der Waals surface area contributed by atoms with Crippen LogP contribution in [0.15, 0.2) is 64.0 Å². The van der Waals surface area contributed by atoms with E-state index >= 15 is 0 Å². The van der Waals surface area contributed by atoms with E-state index in [1.165, 1.54) is 32.1 Å². The summed E-state index contributed by atoms with van der Waals surface area (Å²) in [5, 5.41) is 2.50. The molecule has 1 aliphatic heterocycles. The van der Waals surface area contributed by atoms with Crippen molar-refractivity contribution >= 4 is 51.3 Å². The highest BCUT2D eigenvalue weighted by Gasteiger charge is 2.30. The predicted molar refractivity (Wildman–Crippen MR) is 136 cm³/mol. The van der Waals surface area contributed by atoms with E-state index in [1.54, 1.807) is 11.8 Å². The molecule has 2 fully saturated rings. The van der Waals surface area contributed by atoms with Crippen molar-refractivity contribution < 1.29 is 9.21 Å². The Kier molecular flexibility index (Phi) is 6.89. The van der Waals surface area contributed by atoms with Crippen LogP contribution in [0.1, 0.15) is 54.6 Å². The lowest BCUT2D eigenvalue weighted by Gasteiger charge is -2.27. The van der Waals surface area contributed by atoms with Crippen molar-refractivity contribution in [1.29, 1.82) is 0 Å². The van der Waals surface area contributed by atoms with Crippen molar-refractivity contribution in [2.75, 3.05) is 12.3 Å². The molecule has 4 nitrogen and oxygen atoms in total. The summed E-state index contributed by atoms with van der Waals surface area (Å²) in [6, 6.07) is 17.9. The Balaban J connectivity index is 1.45. The van der Waals surface area contributed by atoms with Gasteiger partial charge in [-0.15, -0.1) is 0 Å². The first kappa shape index (κ1) is 21.7. The zero-order valence-corrected chi connectivity index (χ0v) is 19.8. The van der Waals surface area contributed by atoms with Gasteiger partial charge in [-0.1, -0.05) is 67.4 Å². The number of amides is 1. The number of carbonyl (C=O) groups excluding carboxylic acids is 1. The zero-order valence-electron chi connectivity index (χ0n) is 18.2. The van der Waals surface area contributed by atoms with Gasteiger partial charge >= 0.3 is 0 Å². The monoisotopic (exact) mass is 464 g/mol. The van der Waals surface area contributed by atoms with Crippen molar-refractivity contribution in [3.8, 4) is 0 Å². The minimum absolute atomic E-state index is 0.0673. The number of amidine groups is 1. The highest BCUT2D eigenvalue weighted by molar-refractivity contribution is 8.13. The number of furan rings is 1. The largest absolute Gasteiger partial charge is 0.451 e. The first-order chi connectivity index (χ1) is 15.8. The van der Waals surface area contributed by atoms with E-state index in [9.17, 15) is 4.79 Å². The zero-order chi connectivity index (χ0) is 21.8. The second-order valence-corrected chi connectivity index (χ2v) is 10.7. The lowest BCUT2D eigenvalue weighted by Crippen LogP contribution is -2.39. The van der Waals surface area contributed by atoms with Crippen LogP contribution in [0.25, 0.3) is 11.0 Å². The molecular weight excluding hydrogens is 436 g/mol. The van der Waals surface area contributed by atoms with Crippen molar-refractivity contribution in [3.63, 3.8) is 0 Å². The van der Waals surface area contributed by atoms with Gasteiger partial charge in [0.05, 0.1) is 5.69 Å². The molecule has 0 atom stereocenters. The summed E-state index contributed by atoms with van der Waals surface area (Å²) < 4.78 is 6.18. The molecule has 6 heteroatoms. The maximum Gasteiger partial charge on any atom is 0.295 e. The summed E-state index contributed by atoms with van der Waals surface area (Å²) in [6.07, 6.45) is 7.50. The average molecular weight is 465 g/mol. The Morgan fingerprint density at radius 3 is 2.66 bits per heavy atom. The van der Waals surface area contributed by atoms with Gasteiger partial charge in [0.25, 0.3) is 5.91 Å².